The van der Waals surface area contributed by atoms with Crippen LogP contribution in [0.25, 0.3) is 0 Å². The monoisotopic (exact) mass is 373 g/mol. The van der Waals surface area contributed by atoms with Crippen LogP contribution in [0.1, 0.15) is 48.0 Å². The van der Waals surface area contributed by atoms with Gasteiger partial charge < -0.3 is 15.4 Å². The van der Waals surface area contributed by atoms with E-state index in [-0.39, 0.29) is 22.5 Å². The van der Waals surface area contributed by atoms with Crippen LogP contribution in [-0.2, 0) is 18.5 Å². The van der Waals surface area contributed by atoms with Crippen molar-refractivity contribution in [3.63, 3.8) is 0 Å². The number of nitrogens with two attached hydrogens (primary N) is 1. The molecule has 0 atom stereocenters. The number of fused-ring (bicyclic) bond motifs is 1. The summed E-state index contributed by atoms with van der Waals surface area (Å²) < 4.78 is 5.11. The second kappa shape index (κ2) is 6.61. The summed E-state index contributed by atoms with van der Waals surface area (Å²) in [6.07, 6.45) is -0.968. The van der Waals surface area contributed by atoms with Crippen molar-refractivity contribution in [1.29, 1.82) is 0 Å². The Morgan fingerprint density at radius 3 is 2.27 bits per heavy atom. The first-order valence-corrected chi connectivity index (χ1v) is 8.59. The summed E-state index contributed by atoms with van der Waals surface area (Å²) in [6, 6.07) is 9.31. The van der Waals surface area contributed by atoms with Gasteiger partial charge in [-0.25, -0.2) is 9.78 Å². The summed E-state index contributed by atoms with van der Waals surface area (Å²) in [6.45, 7) is 6.72. The zero-order chi connectivity index (χ0) is 19.1. The molecule has 2 amide bonds. The molecule has 6 nitrogen and oxygen atoms in total. The molecule has 7 heteroatoms. The number of aromatic nitrogens is 1. The third kappa shape index (κ3) is 3.51. The molecule has 3 rings (SSSR count). The molecular formula is C19H20ClN3O3. The van der Waals surface area contributed by atoms with Gasteiger partial charge in [-0.2, -0.15) is 0 Å². The van der Waals surface area contributed by atoms with Gasteiger partial charge in [-0.05, 0) is 16.5 Å². The standard InChI is InChI=1S/C19H20ClN3O3/c1-19(2,3)15-14(26-18(21)25)8-13(22-16(15)20)17(24)23-9-11-6-4-5-7-12(11)10-23/h4-8H,9-10H2,1-3H3,(H2,21,25). The summed E-state index contributed by atoms with van der Waals surface area (Å²) in [7, 11) is 0. The number of benzene rings is 1. The fourth-order valence-electron chi connectivity index (χ4n) is 3.11. The highest BCUT2D eigenvalue weighted by atomic mass is 35.5. The van der Waals surface area contributed by atoms with Crippen molar-refractivity contribution in [2.45, 2.75) is 39.3 Å². The maximum absolute atomic E-state index is 12.9. The Labute approximate surface area is 156 Å². The lowest BCUT2D eigenvalue weighted by Gasteiger charge is -2.24. The average Bonchev–Trinajstić information content (AvgIpc) is 2.95. The number of pyridine rings is 1. The number of hydrogen-bond donors (Lipinski definition) is 1. The van der Waals surface area contributed by atoms with Crippen molar-refractivity contribution in [2.24, 2.45) is 5.73 Å². The van der Waals surface area contributed by atoms with Crippen LogP contribution in [0.5, 0.6) is 5.75 Å². The van der Waals surface area contributed by atoms with Gasteiger partial charge in [0.15, 0.2) is 0 Å². The Hall–Kier alpha value is -2.60. The van der Waals surface area contributed by atoms with Gasteiger partial charge in [-0.1, -0.05) is 56.6 Å². The fraction of sp³-hybridized carbons (Fsp3) is 0.316. The van der Waals surface area contributed by atoms with E-state index < -0.39 is 11.5 Å². The van der Waals surface area contributed by atoms with E-state index in [1.54, 1.807) is 4.90 Å². The molecule has 2 N–H and O–H groups in total. The number of nitrogens with zero attached hydrogens (tertiary/aromatic N) is 2. The number of rotatable bonds is 2. The van der Waals surface area contributed by atoms with Crippen LogP contribution in [0.4, 0.5) is 4.79 Å². The normalized spacial score (nSPS) is 13.5. The lowest BCUT2D eigenvalue weighted by atomic mass is 9.87. The van der Waals surface area contributed by atoms with Gasteiger partial charge in [0.1, 0.15) is 16.6 Å². The van der Waals surface area contributed by atoms with Crippen LogP contribution in [0.3, 0.4) is 0 Å². The second-order valence-electron chi connectivity index (χ2n) is 7.27. The Balaban J connectivity index is 1.97. The summed E-state index contributed by atoms with van der Waals surface area (Å²) in [5.41, 5.74) is 7.58. The molecule has 0 fully saturated rings. The van der Waals surface area contributed by atoms with Crippen LogP contribution < -0.4 is 10.5 Å². The third-order valence-electron chi connectivity index (χ3n) is 4.25. The minimum atomic E-state index is -0.968. The van der Waals surface area contributed by atoms with Gasteiger partial charge in [0.25, 0.3) is 5.91 Å². The number of primary amides is 1. The second-order valence-corrected chi connectivity index (χ2v) is 7.63. The molecule has 136 valence electrons. The lowest BCUT2D eigenvalue weighted by Crippen LogP contribution is -2.27. The predicted octanol–water partition coefficient (Wildman–Crippen LogP) is 3.65. The van der Waals surface area contributed by atoms with Crippen molar-refractivity contribution in [2.75, 3.05) is 0 Å². The van der Waals surface area contributed by atoms with Gasteiger partial charge in [0.05, 0.1) is 0 Å². The average molecular weight is 374 g/mol. The van der Waals surface area contributed by atoms with Gasteiger partial charge >= 0.3 is 6.09 Å². The molecule has 1 aliphatic rings. The first kappa shape index (κ1) is 18.2. The van der Waals surface area contributed by atoms with Crippen molar-refractivity contribution in [3.8, 4) is 5.75 Å². The third-order valence-corrected chi connectivity index (χ3v) is 4.52. The largest absolute Gasteiger partial charge is 0.410 e. The maximum Gasteiger partial charge on any atom is 0.409 e. The van der Waals surface area contributed by atoms with Gasteiger partial charge in [-0.3, -0.25) is 4.79 Å². The number of amides is 2. The number of carbonyl (C=O) groups excluding carboxylic acids is 2. The Bertz CT molecular complexity index is 865. The highest BCUT2D eigenvalue weighted by Gasteiger charge is 2.30. The highest BCUT2D eigenvalue weighted by Crippen LogP contribution is 2.37. The topological polar surface area (TPSA) is 85.5 Å². The van der Waals surface area contributed by atoms with Crippen LogP contribution >= 0.6 is 11.6 Å². The van der Waals surface area contributed by atoms with Gasteiger partial charge in [0.2, 0.25) is 0 Å². The summed E-state index contributed by atoms with van der Waals surface area (Å²) in [5, 5.41) is 0.122. The molecule has 0 radical (unpaired) electrons. The predicted molar refractivity (Wildman–Crippen MR) is 98.2 cm³/mol. The molecule has 1 aliphatic heterocycles. The van der Waals surface area contributed by atoms with Crippen LogP contribution in [0.2, 0.25) is 5.15 Å². The Kier molecular flexibility index (Phi) is 4.63. The molecule has 0 saturated carbocycles. The number of ether oxygens (including phenoxy) is 1. The van der Waals surface area contributed by atoms with E-state index in [0.717, 1.165) is 11.1 Å². The SMILES string of the molecule is CC(C)(C)c1c(OC(N)=O)cc(C(=O)N2Cc3ccccc3C2)nc1Cl. The van der Waals surface area contributed by atoms with E-state index in [0.29, 0.717) is 18.7 Å². The molecule has 1 aromatic heterocycles. The smallest absolute Gasteiger partial charge is 0.409 e. The van der Waals surface area contributed by atoms with E-state index in [9.17, 15) is 9.59 Å². The fourth-order valence-corrected chi connectivity index (χ4v) is 3.58. The maximum atomic E-state index is 12.9. The first-order chi connectivity index (χ1) is 12.2. The Morgan fingerprint density at radius 1 is 1.19 bits per heavy atom. The molecule has 1 aromatic carbocycles. The van der Waals surface area contributed by atoms with Crippen molar-refractivity contribution in [1.82, 2.24) is 9.88 Å². The molecule has 0 spiro atoms. The first-order valence-electron chi connectivity index (χ1n) is 8.21. The van der Waals surface area contributed by atoms with Crippen molar-refractivity contribution in [3.05, 3.63) is 57.9 Å². The van der Waals surface area contributed by atoms with E-state index in [1.165, 1.54) is 6.07 Å². The van der Waals surface area contributed by atoms with Crippen molar-refractivity contribution >= 4 is 23.6 Å². The molecule has 26 heavy (non-hydrogen) atoms. The van der Waals surface area contributed by atoms with Crippen LogP contribution in [0.15, 0.2) is 30.3 Å². The summed E-state index contributed by atoms with van der Waals surface area (Å²) >= 11 is 6.33. The van der Waals surface area contributed by atoms with Crippen LogP contribution in [0, 0.1) is 0 Å². The van der Waals surface area contributed by atoms with Crippen LogP contribution in [-0.4, -0.2) is 21.9 Å². The molecule has 2 heterocycles. The van der Waals surface area contributed by atoms with Gasteiger partial charge in [-0.15, -0.1) is 0 Å². The minimum absolute atomic E-state index is 0.118. The quantitative estimate of drug-likeness (QED) is 0.814. The molecule has 0 saturated heterocycles. The van der Waals surface area contributed by atoms with E-state index in [2.05, 4.69) is 4.98 Å². The number of halogens is 1. The highest BCUT2D eigenvalue weighted by molar-refractivity contribution is 6.30. The number of carbonyl (C=O) groups is 2. The molecular weight excluding hydrogens is 354 g/mol. The molecule has 2 aromatic rings. The minimum Gasteiger partial charge on any atom is -0.410 e. The Morgan fingerprint density at radius 2 is 1.77 bits per heavy atom. The van der Waals surface area contributed by atoms with E-state index >= 15 is 0 Å². The lowest BCUT2D eigenvalue weighted by molar-refractivity contribution is 0.0744. The summed E-state index contributed by atoms with van der Waals surface area (Å²) in [5.74, 6) is -0.122. The molecule has 0 unspecified atom stereocenters. The molecule has 0 bridgehead atoms. The van der Waals surface area contributed by atoms with Crippen molar-refractivity contribution < 1.29 is 14.3 Å². The summed E-state index contributed by atoms with van der Waals surface area (Å²) in [4.78, 5) is 30.1. The zero-order valence-corrected chi connectivity index (χ0v) is 15.6. The zero-order valence-electron chi connectivity index (χ0n) is 14.9. The van der Waals surface area contributed by atoms with Gasteiger partial charge in [0, 0.05) is 24.7 Å². The number of hydrogen-bond acceptors (Lipinski definition) is 4. The van der Waals surface area contributed by atoms with E-state index in [4.69, 9.17) is 22.1 Å². The van der Waals surface area contributed by atoms with E-state index in [1.807, 2.05) is 45.0 Å². The molecule has 0 aliphatic carbocycles.